The molecule has 4 rings (SSSR count). The first-order valence-electron chi connectivity index (χ1n) is 10.6. The molecule has 1 heterocycles. The van der Waals surface area contributed by atoms with Crippen molar-refractivity contribution in [1.82, 2.24) is 9.97 Å². The molecule has 0 saturated carbocycles. The number of benzene rings is 2. The predicted octanol–water partition coefficient (Wildman–Crippen LogP) is 4.48. The first-order chi connectivity index (χ1) is 16.0. The Labute approximate surface area is 192 Å². The normalized spacial score (nSPS) is 14.9. The lowest BCUT2D eigenvalue weighted by Gasteiger charge is -2.26. The largest absolute Gasteiger partial charge is 0.497 e. The van der Waals surface area contributed by atoms with Gasteiger partial charge in [0.05, 0.1) is 45.4 Å². The maximum Gasteiger partial charge on any atom is 0.227 e. The van der Waals surface area contributed by atoms with Crippen molar-refractivity contribution >= 4 is 17.4 Å². The minimum Gasteiger partial charge on any atom is -0.497 e. The Morgan fingerprint density at radius 2 is 1.55 bits per heavy atom. The monoisotopic (exact) mass is 449 g/mol. The first-order valence-corrected chi connectivity index (χ1v) is 10.6. The number of anilines is 2. The maximum atomic E-state index is 13.1. The molecule has 1 N–H and O–H groups in total. The topological polar surface area (TPSA) is 91.8 Å². The Balaban J connectivity index is 1.66. The summed E-state index contributed by atoms with van der Waals surface area (Å²) >= 11 is 0. The first kappa shape index (κ1) is 22.4. The maximum absolute atomic E-state index is 13.1. The lowest BCUT2D eigenvalue weighted by atomic mass is 9.81. The van der Waals surface area contributed by atoms with Crippen LogP contribution in [0.25, 0.3) is 0 Å². The molecule has 2 aromatic carbocycles. The van der Waals surface area contributed by atoms with Crippen LogP contribution in [-0.2, 0) is 6.42 Å². The van der Waals surface area contributed by atoms with Crippen molar-refractivity contribution in [1.29, 1.82) is 0 Å². The number of fused-ring (bicyclic) bond motifs is 1. The third-order valence-corrected chi connectivity index (χ3v) is 5.82. The number of rotatable bonds is 7. The van der Waals surface area contributed by atoms with Gasteiger partial charge in [-0.1, -0.05) is 0 Å². The van der Waals surface area contributed by atoms with Gasteiger partial charge in [-0.05, 0) is 61.2 Å². The number of carbonyl (C=O) groups excluding carboxylic acids is 1. The number of hydrogen-bond donors (Lipinski definition) is 1. The fourth-order valence-corrected chi connectivity index (χ4v) is 4.21. The summed E-state index contributed by atoms with van der Waals surface area (Å²) in [4.78, 5) is 22.3. The van der Waals surface area contributed by atoms with Crippen LogP contribution < -0.4 is 24.3 Å². The van der Waals surface area contributed by atoms with Crippen LogP contribution in [0, 0.1) is 6.92 Å². The number of aromatic nitrogens is 2. The van der Waals surface area contributed by atoms with Crippen molar-refractivity contribution in [3.63, 3.8) is 0 Å². The zero-order chi connectivity index (χ0) is 23.5. The van der Waals surface area contributed by atoms with E-state index in [2.05, 4.69) is 10.3 Å². The number of Topliss-reactive ketones (excluding diaryl/α,β-unsaturated/α-hetero) is 1. The standard InChI is InChI=1S/C25H27N3O5/c1-14-23-19(28-25(26-14)27-17-6-8-18(30-2)9-7-17)10-15(11-20(23)29)16-12-21(31-3)24(33-5)22(13-16)32-4/h6-9,12-13,15H,10-11H2,1-5H3,(H,26,27,28)/t15-/m0/s1. The minimum absolute atomic E-state index is 0.0310. The van der Waals surface area contributed by atoms with E-state index in [-0.39, 0.29) is 11.7 Å². The average Bonchev–Trinajstić information content (AvgIpc) is 2.82. The van der Waals surface area contributed by atoms with Crippen LogP contribution in [0.2, 0.25) is 0 Å². The zero-order valence-corrected chi connectivity index (χ0v) is 19.4. The van der Waals surface area contributed by atoms with Gasteiger partial charge in [0, 0.05) is 12.1 Å². The van der Waals surface area contributed by atoms with Gasteiger partial charge in [0.15, 0.2) is 17.3 Å². The molecule has 0 fully saturated rings. The summed E-state index contributed by atoms with van der Waals surface area (Å²) in [5.74, 6) is 2.83. The van der Waals surface area contributed by atoms with E-state index in [1.54, 1.807) is 28.4 Å². The SMILES string of the molecule is COc1ccc(Nc2nc(C)c3c(n2)C[C@H](c2cc(OC)c(OC)c(OC)c2)CC3=O)cc1. The van der Waals surface area contributed by atoms with Gasteiger partial charge in [0.25, 0.3) is 0 Å². The van der Waals surface area contributed by atoms with Crippen molar-refractivity contribution < 1.29 is 23.7 Å². The molecule has 172 valence electrons. The quantitative estimate of drug-likeness (QED) is 0.565. The molecule has 33 heavy (non-hydrogen) atoms. The van der Waals surface area contributed by atoms with Crippen molar-refractivity contribution in [2.75, 3.05) is 33.8 Å². The molecule has 0 amide bonds. The Morgan fingerprint density at radius 3 is 2.12 bits per heavy atom. The van der Waals surface area contributed by atoms with E-state index in [1.165, 1.54) is 0 Å². The van der Waals surface area contributed by atoms with Crippen LogP contribution in [0.5, 0.6) is 23.0 Å². The highest BCUT2D eigenvalue weighted by Crippen LogP contribution is 2.43. The van der Waals surface area contributed by atoms with E-state index < -0.39 is 0 Å². The van der Waals surface area contributed by atoms with Crippen LogP contribution >= 0.6 is 0 Å². The Bertz CT molecular complexity index is 1150. The third-order valence-electron chi connectivity index (χ3n) is 5.82. The zero-order valence-electron chi connectivity index (χ0n) is 19.4. The van der Waals surface area contributed by atoms with Gasteiger partial charge in [0.1, 0.15) is 5.75 Å². The van der Waals surface area contributed by atoms with Gasteiger partial charge in [-0.3, -0.25) is 4.79 Å². The van der Waals surface area contributed by atoms with Crippen molar-refractivity contribution in [2.24, 2.45) is 0 Å². The molecular weight excluding hydrogens is 422 g/mol. The third kappa shape index (κ3) is 4.41. The van der Waals surface area contributed by atoms with Gasteiger partial charge in [-0.15, -0.1) is 0 Å². The van der Waals surface area contributed by atoms with Gasteiger partial charge < -0.3 is 24.3 Å². The molecule has 1 atom stereocenters. The molecule has 0 spiro atoms. The second-order valence-electron chi connectivity index (χ2n) is 7.79. The van der Waals surface area contributed by atoms with Gasteiger partial charge >= 0.3 is 0 Å². The molecule has 0 radical (unpaired) electrons. The van der Waals surface area contributed by atoms with Gasteiger partial charge in [0.2, 0.25) is 11.7 Å². The molecule has 0 unspecified atom stereocenters. The Morgan fingerprint density at radius 1 is 0.879 bits per heavy atom. The molecule has 1 aliphatic carbocycles. The summed E-state index contributed by atoms with van der Waals surface area (Å²) in [7, 11) is 6.35. The summed E-state index contributed by atoms with van der Waals surface area (Å²) < 4.78 is 21.6. The highest BCUT2D eigenvalue weighted by atomic mass is 16.5. The van der Waals surface area contributed by atoms with E-state index in [0.29, 0.717) is 47.3 Å². The summed E-state index contributed by atoms with van der Waals surface area (Å²) in [5.41, 5.74) is 3.78. The van der Waals surface area contributed by atoms with E-state index >= 15 is 0 Å². The van der Waals surface area contributed by atoms with Crippen LogP contribution in [0.3, 0.4) is 0 Å². The summed E-state index contributed by atoms with van der Waals surface area (Å²) in [5, 5.41) is 3.22. The molecule has 1 aromatic heterocycles. The number of carbonyl (C=O) groups is 1. The predicted molar refractivity (Wildman–Crippen MR) is 125 cm³/mol. The number of ketones is 1. The van der Waals surface area contributed by atoms with Crippen LogP contribution in [-0.4, -0.2) is 44.2 Å². The van der Waals surface area contributed by atoms with Gasteiger partial charge in [-0.2, -0.15) is 0 Å². The van der Waals surface area contributed by atoms with E-state index in [1.807, 2.05) is 43.3 Å². The summed E-state index contributed by atoms with van der Waals surface area (Å²) in [6.07, 6.45) is 0.960. The van der Waals surface area contributed by atoms with Crippen LogP contribution in [0.1, 0.15) is 39.6 Å². The molecule has 0 bridgehead atoms. The minimum atomic E-state index is -0.0677. The van der Waals surface area contributed by atoms with Crippen molar-refractivity contribution in [3.05, 3.63) is 58.9 Å². The second-order valence-corrected chi connectivity index (χ2v) is 7.79. The van der Waals surface area contributed by atoms with Crippen molar-refractivity contribution in [3.8, 4) is 23.0 Å². The number of aryl methyl sites for hydroxylation is 1. The fourth-order valence-electron chi connectivity index (χ4n) is 4.21. The molecule has 1 aliphatic rings. The van der Waals surface area contributed by atoms with Crippen LogP contribution in [0.4, 0.5) is 11.6 Å². The van der Waals surface area contributed by atoms with Crippen LogP contribution in [0.15, 0.2) is 36.4 Å². The lowest BCUT2D eigenvalue weighted by molar-refractivity contribution is 0.0962. The molecule has 0 saturated heterocycles. The number of hydrogen-bond acceptors (Lipinski definition) is 8. The summed E-state index contributed by atoms with van der Waals surface area (Å²) in [6.45, 7) is 1.84. The molecular formula is C25H27N3O5. The number of nitrogens with one attached hydrogen (secondary N) is 1. The molecule has 3 aromatic rings. The number of nitrogens with zero attached hydrogens (tertiary/aromatic N) is 2. The smallest absolute Gasteiger partial charge is 0.227 e. The molecule has 8 nitrogen and oxygen atoms in total. The second kappa shape index (κ2) is 9.36. The van der Waals surface area contributed by atoms with Crippen molar-refractivity contribution in [2.45, 2.75) is 25.7 Å². The van der Waals surface area contributed by atoms with E-state index in [4.69, 9.17) is 23.9 Å². The average molecular weight is 450 g/mol. The Hall–Kier alpha value is -3.81. The lowest BCUT2D eigenvalue weighted by Crippen LogP contribution is -2.23. The van der Waals surface area contributed by atoms with E-state index in [9.17, 15) is 4.79 Å². The highest BCUT2D eigenvalue weighted by molar-refractivity contribution is 5.99. The van der Waals surface area contributed by atoms with E-state index in [0.717, 1.165) is 22.7 Å². The molecule has 8 heteroatoms. The number of ether oxygens (including phenoxy) is 4. The van der Waals surface area contributed by atoms with Gasteiger partial charge in [-0.25, -0.2) is 9.97 Å². The summed E-state index contributed by atoms with van der Waals surface area (Å²) in [6, 6.07) is 11.3. The number of methoxy groups -OCH3 is 4. The Kier molecular flexibility index (Phi) is 6.35. The highest BCUT2D eigenvalue weighted by Gasteiger charge is 2.31. The fraction of sp³-hybridized carbons (Fsp3) is 0.320. The molecule has 0 aliphatic heterocycles.